The Morgan fingerprint density at radius 2 is 1.43 bits per heavy atom. The van der Waals surface area contributed by atoms with Crippen LogP contribution >= 0.6 is 15.9 Å². The fourth-order valence-electron chi connectivity index (χ4n) is 2.70. The van der Waals surface area contributed by atoms with Crippen molar-refractivity contribution < 1.29 is 13.2 Å². The molecule has 0 aliphatic carbocycles. The van der Waals surface area contributed by atoms with E-state index in [1.54, 1.807) is 49.5 Å². The Kier molecular flexibility index (Phi) is 4.63. The van der Waals surface area contributed by atoms with E-state index in [-0.39, 0.29) is 0 Å². The van der Waals surface area contributed by atoms with Crippen LogP contribution in [0.3, 0.4) is 0 Å². The lowest BCUT2D eigenvalue weighted by Crippen LogP contribution is -2.53. The zero-order valence-electron chi connectivity index (χ0n) is 11.8. The van der Waals surface area contributed by atoms with Crippen molar-refractivity contribution in [2.75, 3.05) is 0 Å². The van der Waals surface area contributed by atoms with Crippen LogP contribution in [0, 0.1) is 0 Å². The molecule has 0 heterocycles. The van der Waals surface area contributed by atoms with Gasteiger partial charge in [0.15, 0.2) is 0 Å². The molecule has 2 aromatic carbocycles. The molecule has 21 heavy (non-hydrogen) atoms. The third-order valence-electron chi connectivity index (χ3n) is 3.77. The molecule has 0 saturated carbocycles. The molecule has 0 N–H and O–H groups in total. The second-order valence-electron chi connectivity index (χ2n) is 5.61. The SMILES string of the molecule is C[Si](C)(c1ccccc1)C(c1ccc(Br)cc1)C(F)(F)F. The van der Waals surface area contributed by atoms with Gasteiger partial charge < -0.3 is 0 Å². The molecule has 0 nitrogen and oxygen atoms in total. The molecule has 2 rings (SSSR count). The maximum Gasteiger partial charge on any atom is 0.393 e. The molecule has 1 atom stereocenters. The van der Waals surface area contributed by atoms with E-state index in [4.69, 9.17) is 0 Å². The first-order valence-electron chi connectivity index (χ1n) is 6.60. The zero-order valence-corrected chi connectivity index (χ0v) is 14.4. The maximum atomic E-state index is 13.7. The molecular weight excluding hydrogens is 357 g/mol. The lowest BCUT2D eigenvalue weighted by atomic mass is 10.1. The topological polar surface area (TPSA) is 0 Å². The minimum atomic E-state index is -4.25. The van der Waals surface area contributed by atoms with E-state index >= 15 is 0 Å². The van der Waals surface area contributed by atoms with Gasteiger partial charge in [0, 0.05) is 4.47 Å². The van der Waals surface area contributed by atoms with Gasteiger partial charge in [0.1, 0.15) is 0 Å². The van der Waals surface area contributed by atoms with Gasteiger partial charge in [-0.3, -0.25) is 0 Å². The van der Waals surface area contributed by atoms with Crippen LogP contribution in [-0.4, -0.2) is 14.3 Å². The Balaban J connectivity index is 2.53. The smallest absolute Gasteiger partial charge is 0.171 e. The van der Waals surface area contributed by atoms with E-state index in [0.29, 0.717) is 5.56 Å². The molecule has 0 bridgehead atoms. The van der Waals surface area contributed by atoms with Gasteiger partial charge in [0.25, 0.3) is 0 Å². The number of hydrogen-bond donors (Lipinski definition) is 0. The Hall–Kier alpha value is -1.07. The van der Waals surface area contributed by atoms with Crippen molar-refractivity contribution in [1.82, 2.24) is 0 Å². The summed E-state index contributed by atoms with van der Waals surface area (Å²) in [4.78, 5) is 0. The van der Waals surface area contributed by atoms with Crippen LogP contribution in [0.25, 0.3) is 0 Å². The number of hydrogen-bond acceptors (Lipinski definition) is 0. The van der Waals surface area contributed by atoms with E-state index in [1.807, 2.05) is 18.2 Å². The molecule has 0 amide bonds. The Labute approximate surface area is 132 Å². The summed E-state index contributed by atoms with van der Waals surface area (Å²) in [6, 6.07) is 15.5. The minimum Gasteiger partial charge on any atom is -0.171 e. The molecule has 0 aromatic heterocycles. The van der Waals surface area contributed by atoms with E-state index in [2.05, 4.69) is 15.9 Å². The largest absolute Gasteiger partial charge is 0.393 e. The second kappa shape index (κ2) is 5.97. The first kappa shape index (κ1) is 16.3. The molecule has 0 radical (unpaired) electrons. The monoisotopic (exact) mass is 372 g/mol. The van der Waals surface area contributed by atoms with Crippen molar-refractivity contribution in [3.05, 3.63) is 64.6 Å². The predicted octanol–water partition coefficient (Wildman–Crippen LogP) is 5.25. The van der Waals surface area contributed by atoms with Gasteiger partial charge in [-0.15, -0.1) is 0 Å². The van der Waals surface area contributed by atoms with E-state index in [0.717, 1.165) is 9.66 Å². The van der Waals surface area contributed by atoms with Crippen molar-refractivity contribution in [2.24, 2.45) is 0 Å². The Morgan fingerprint density at radius 1 is 0.905 bits per heavy atom. The molecule has 112 valence electrons. The normalized spacial score (nSPS) is 14.0. The van der Waals surface area contributed by atoms with Crippen molar-refractivity contribution in [1.29, 1.82) is 0 Å². The van der Waals surface area contributed by atoms with Crippen LogP contribution in [0.5, 0.6) is 0 Å². The van der Waals surface area contributed by atoms with Crippen molar-refractivity contribution in [3.63, 3.8) is 0 Å². The number of halogens is 4. The molecule has 2 aromatic rings. The van der Waals surface area contributed by atoms with Gasteiger partial charge in [0.2, 0.25) is 0 Å². The number of alkyl halides is 3. The van der Waals surface area contributed by atoms with Crippen LogP contribution in [0.2, 0.25) is 13.1 Å². The summed E-state index contributed by atoms with van der Waals surface area (Å²) in [5.74, 6) is 0. The third-order valence-corrected chi connectivity index (χ3v) is 8.22. The predicted molar refractivity (Wildman–Crippen MR) is 86.5 cm³/mol. The molecule has 0 spiro atoms. The van der Waals surface area contributed by atoms with E-state index in [1.165, 1.54) is 0 Å². The molecule has 0 aliphatic heterocycles. The lowest BCUT2D eigenvalue weighted by molar-refractivity contribution is -0.133. The highest BCUT2D eigenvalue weighted by molar-refractivity contribution is 9.10. The third kappa shape index (κ3) is 3.58. The molecule has 1 unspecified atom stereocenters. The highest BCUT2D eigenvalue weighted by Gasteiger charge is 2.51. The first-order valence-corrected chi connectivity index (χ1v) is 10.5. The summed E-state index contributed by atoms with van der Waals surface area (Å²) in [6.07, 6.45) is -4.25. The summed E-state index contributed by atoms with van der Waals surface area (Å²) in [6.45, 7) is 3.56. The summed E-state index contributed by atoms with van der Waals surface area (Å²) >= 11 is 3.27. The fraction of sp³-hybridized carbons (Fsp3) is 0.250. The second-order valence-corrected chi connectivity index (χ2v) is 11.1. The summed E-state index contributed by atoms with van der Waals surface area (Å²) in [5, 5.41) is 0.815. The molecule has 0 aliphatic rings. The van der Waals surface area contributed by atoms with E-state index in [9.17, 15) is 13.2 Å². The fourth-order valence-corrected chi connectivity index (χ4v) is 6.20. The van der Waals surface area contributed by atoms with Gasteiger partial charge in [-0.05, 0) is 17.7 Å². The number of benzene rings is 2. The van der Waals surface area contributed by atoms with Gasteiger partial charge in [-0.2, -0.15) is 13.2 Å². The van der Waals surface area contributed by atoms with Gasteiger partial charge in [0.05, 0.1) is 13.6 Å². The van der Waals surface area contributed by atoms with Gasteiger partial charge in [-0.1, -0.05) is 76.7 Å². The first-order chi connectivity index (χ1) is 9.73. The molecule has 5 heteroatoms. The minimum absolute atomic E-state index is 0.339. The Bertz CT molecular complexity index is 591. The maximum absolute atomic E-state index is 13.7. The van der Waals surface area contributed by atoms with Gasteiger partial charge in [-0.25, -0.2) is 0 Å². The van der Waals surface area contributed by atoms with Gasteiger partial charge >= 0.3 is 6.18 Å². The van der Waals surface area contributed by atoms with Crippen LogP contribution in [0.1, 0.15) is 11.1 Å². The average Bonchev–Trinajstić information content (AvgIpc) is 2.40. The van der Waals surface area contributed by atoms with Crippen LogP contribution in [-0.2, 0) is 0 Å². The Morgan fingerprint density at radius 3 is 1.90 bits per heavy atom. The van der Waals surface area contributed by atoms with Crippen LogP contribution in [0.4, 0.5) is 13.2 Å². The van der Waals surface area contributed by atoms with Crippen molar-refractivity contribution in [3.8, 4) is 0 Å². The number of rotatable bonds is 3. The van der Waals surface area contributed by atoms with Crippen LogP contribution < -0.4 is 5.19 Å². The summed E-state index contributed by atoms with van der Waals surface area (Å²) in [5.41, 5.74) is -1.08. The van der Waals surface area contributed by atoms with E-state index < -0.39 is 19.8 Å². The average molecular weight is 373 g/mol. The standard InChI is InChI=1S/C16H16BrF3Si/c1-21(2,14-6-4-3-5-7-14)15(16(18,19)20)12-8-10-13(17)11-9-12/h3-11,15H,1-2H3. The van der Waals surface area contributed by atoms with Crippen molar-refractivity contribution >= 4 is 29.2 Å². The van der Waals surface area contributed by atoms with Crippen molar-refractivity contribution in [2.45, 2.75) is 24.8 Å². The molecule has 0 fully saturated rings. The highest BCUT2D eigenvalue weighted by atomic mass is 79.9. The highest BCUT2D eigenvalue weighted by Crippen LogP contribution is 2.41. The zero-order chi connectivity index (χ0) is 15.7. The lowest BCUT2D eigenvalue weighted by Gasteiger charge is -2.35. The summed E-state index contributed by atoms with van der Waals surface area (Å²) in [7, 11) is -2.74. The van der Waals surface area contributed by atoms with Crippen LogP contribution in [0.15, 0.2) is 59.1 Å². The molecular formula is C16H16BrF3Si. The quantitative estimate of drug-likeness (QED) is 0.645. The molecule has 0 saturated heterocycles. The summed E-state index contributed by atoms with van der Waals surface area (Å²) < 4.78 is 41.9.